The summed E-state index contributed by atoms with van der Waals surface area (Å²) < 4.78 is 1.93. The lowest BCUT2D eigenvalue weighted by Gasteiger charge is -2.09. The SMILES string of the molecule is CCSn1c(-c2ccccc2)nc2sc(Cl)nc2c1=O. The number of nitrogens with zero attached hydrogens (tertiary/aromatic N) is 3. The van der Waals surface area contributed by atoms with Gasteiger partial charge in [-0.15, -0.1) is 0 Å². The topological polar surface area (TPSA) is 47.8 Å². The van der Waals surface area contributed by atoms with E-state index in [2.05, 4.69) is 9.97 Å². The van der Waals surface area contributed by atoms with Crippen molar-refractivity contribution in [3.05, 3.63) is 45.2 Å². The van der Waals surface area contributed by atoms with Gasteiger partial charge in [0.25, 0.3) is 5.56 Å². The van der Waals surface area contributed by atoms with Crippen LogP contribution in [0.3, 0.4) is 0 Å². The Bertz CT molecular complexity index is 814. The first-order valence-electron chi connectivity index (χ1n) is 5.98. The van der Waals surface area contributed by atoms with Gasteiger partial charge in [-0.25, -0.2) is 13.9 Å². The number of benzene rings is 1. The van der Waals surface area contributed by atoms with E-state index in [1.165, 1.54) is 23.3 Å². The quantitative estimate of drug-likeness (QED) is 0.737. The molecule has 4 nitrogen and oxygen atoms in total. The van der Waals surface area contributed by atoms with Gasteiger partial charge >= 0.3 is 0 Å². The number of rotatable bonds is 3. The molecule has 3 rings (SSSR count). The van der Waals surface area contributed by atoms with Crippen LogP contribution in [0.15, 0.2) is 35.1 Å². The molecule has 20 heavy (non-hydrogen) atoms. The summed E-state index contributed by atoms with van der Waals surface area (Å²) in [6.07, 6.45) is 0. The van der Waals surface area contributed by atoms with Gasteiger partial charge in [0.1, 0.15) is 0 Å². The van der Waals surface area contributed by atoms with Crippen molar-refractivity contribution in [2.45, 2.75) is 6.92 Å². The Morgan fingerprint density at radius 3 is 2.75 bits per heavy atom. The van der Waals surface area contributed by atoms with Gasteiger partial charge in [0.2, 0.25) is 0 Å². The molecule has 2 heterocycles. The van der Waals surface area contributed by atoms with E-state index in [-0.39, 0.29) is 5.56 Å². The molecule has 0 fully saturated rings. The molecular formula is C13H10ClN3OS2. The largest absolute Gasteiger partial charge is 0.291 e. The smallest absolute Gasteiger partial charge is 0.266 e. The fourth-order valence-corrected chi connectivity index (χ4v) is 3.55. The van der Waals surface area contributed by atoms with Crippen LogP contribution in [0.5, 0.6) is 0 Å². The molecule has 1 aromatic carbocycles. The maximum absolute atomic E-state index is 12.5. The van der Waals surface area contributed by atoms with Crippen LogP contribution in [0.4, 0.5) is 0 Å². The fourth-order valence-electron chi connectivity index (χ4n) is 1.85. The molecule has 0 unspecified atom stereocenters. The molecule has 0 radical (unpaired) electrons. The number of aromatic nitrogens is 3. The third-order valence-corrected chi connectivity index (χ3v) is 4.57. The number of halogens is 1. The highest BCUT2D eigenvalue weighted by Gasteiger charge is 2.16. The first kappa shape index (κ1) is 13.6. The van der Waals surface area contributed by atoms with Gasteiger partial charge in [-0.1, -0.05) is 60.2 Å². The molecule has 7 heteroatoms. The molecule has 0 aliphatic heterocycles. The first-order valence-corrected chi connectivity index (χ1v) is 8.12. The summed E-state index contributed by atoms with van der Waals surface area (Å²) in [6.45, 7) is 1.99. The summed E-state index contributed by atoms with van der Waals surface area (Å²) in [7, 11) is 0. The summed E-state index contributed by atoms with van der Waals surface area (Å²) in [4.78, 5) is 21.7. The van der Waals surface area contributed by atoms with E-state index < -0.39 is 0 Å². The zero-order chi connectivity index (χ0) is 14.1. The molecule has 0 aliphatic carbocycles. The molecule has 0 N–H and O–H groups in total. The molecule has 2 aromatic heterocycles. The molecule has 0 saturated carbocycles. The molecule has 0 bridgehead atoms. The van der Waals surface area contributed by atoms with Crippen molar-refractivity contribution >= 4 is 45.2 Å². The Morgan fingerprint density at radius 2 is 2.05 bits per heavy atom. The van der Waals surface area contributed by atoms with Crippen molar-refractivity contribution in [3.8, 4) is 11.4 Å². The van der Waals surface area contributed by atoms with Gasteiger partial charge in [-0.05, 0) is 11.9 Å². The van der Waals surface area contributed by atoms with Gasteiger partial charge in [0, 0.05) is 11.3 Å². The Labute approximate surface area is 128 Å². The third kappa shape index (κ3) is 2.34. The Morgan fingerprint density at radius 1 is 1.30 bits per heavy atom. The van der Waals surface area contributed by atoms with E-state index in [1.54, 1.807) is 3.97 Å². The minimum atomic E-state index is -0.163. The summed E-state index contributed by atoms with van der Waals surface area (Å²) >= 11 is 8.53. The predicted octanol–water partition coefficient (Wildman–Crippen LogP) is 3.69. The van der Waals surface area contributed by atoms with Gasteiger partial charge in [-0.2, -0.15) is 0 Å². The lowest BCUT2D eigenvalue weighted by Crippen LogP contribution is -2.19. The monoisotopic (exact) mass is 323 g/mol. The highest BCUT2D eigenvalue weighted by atomic mass is 35.5. The molecule has 0 aliphatic rings. The fraction of sp³-hybridized carbons (Fsp3) is 0.154. The van der Waals surface area contributed by atoms with Crippen LogP contribution >= 0.6 is 34.9 Å². The highest BCUT2D eigenvalue weighted by Crippen LogP contribution is 2.26. The third-order valence-electron chi connectivity index (χ3n) is 2.66. The van der Waals surface area contributed by atoms with Crippen LogP contribution in [0, 0.1) is 0 Å². The molecule has 0 amide bonds. The van der Waals surface area contributed by atoms with Crippen LogP contribution in [0.1, 0.15) is 6.92 Å². The number of hydrogen-bond donors (Lipinski definition) is 0. The van der Waals surface area contributed by atoms with E-state index >= 15 is 0 Å². The van der Waals surface area contributed by atoms with Gasteiger partial charge in [-0.3, -0.25) is 4.79 Å². The predicted molar refractivity (Wildman–Crippen MR) is 85.7 cm³/mol. The van der Waals surface area contributed by atoms with E-state index in [4.69, 9.17) is 11.6 Å². The first-order chi connectivity index (χ1) is 9.70. The molecule has 0 saturated heterocycles. The second kappa shape index (κ2) is 5.55. The van der Waals surface area contributed by atoms with Crippen LogP contribution in [0.2, 0.25) is 4.47 Å². The van der Waals surface area contributed by atoms with Gasteiger partial charge in [0.05, 0.1) is 0 Å². The number of fused-ring (bicyclic) bond motifs is 1. The maximum Gasteiger partial charge on any atom is 0.291 e. The average Bonchev–Trinajstić information content (AvgIpc) is 2.84. The average molecular weight is 324 g/mol. The second-order valence-electron chi connectivity index (χ2n) is 3.94. The molecule has 3 aromatic rings. The zero-order valence-electron chi connectivity index (χ0n) is 10.5. The van der Waals surface area contributed by atoms with Crippen LogP contribution in [-0.4, -0.2) is 19.7 Å². The highest BCUT2D eigenvalue weighted by molar-refractivity contribution is 7.97. The molecule has 0 atom stereocenters. The minimum Gasteiger partial charge on any atom is -0.266 e. The summed E-state index contributed by atoms with van der Waals surface area (Å²) in [5, 5.41) is 0. The van der Waals surface area contributed by atoms with Crippen molar-refractivity contribution in [1.29, 1.82) is 0 Å². The second-order valence-corrected chi connectivity index (χ2v) is 6.70. The van der Waals surface area contributed by atoms with Crippen molar-refractivity contribution in [2.75, 3.05) is 5.75 Å². The van der Waals surface area contributed by atoms with E-state index in [0.29, 0.717) is 20.6 Å². The Kier molecular flexibility index (Phi) is 3.78. The van der Waals surface area contributed by atoms with Crippen molar-refractivity contribution < 1.29 is 0 Å². The summed E-state index contributed by atoms with van der Waals surface area (Å²) in [6, 6.07) is 9.64. The Balaban J connectivity index is 2.34. The molecular weight excluding hydrogens is 314 g/mol. The zero-order valence-corrected chi connectivity index (χ0v) is 12.9. The Hall–Kier alpha value is -1.37. The van der Waals surface area contributed by atoms with Gasteiger partial charge in [0.15, 0.2) is 20.6 Å². The maximum atomic E-state index is 12.5. The van der Waals surface area contributed by atoms with Crippen LogP contribution < -0.4 is 5.56 Å². The van der Waals surface area contributed by atoms with Crippen LogP contribution in [0.25, 0.3) is 21.7 Å². The van der Waals surface area contributed by atoms with Crippen molar-refractivity contribution in [2.24, 2.45) is 0 Å². The summed E-state index contributed by atoms with van der Waals surface area (Å²) in [5.41, 5.74) is 1.07. The van der Waals surface area contributed by atoms with E-state index in [1.807, 2.05) is 37.3 Å². The van der Waals surface area contributed by atoms with Crippen molar-refractivity contribution in [3.63, 3.8) is 0 Å². The van der Waals surface area contributed by atoms with E-state index in [9.17, 15) is 4.79 Å². The number of hydrogen-bond acceptors (Lipinski definition) is 5. The van der Waals surface area contributed by atoms with Gasteiger partial charge < -0.3 is 0 Å². The lowest BCUT2D eigenvalue weighted by molar-refractivity contribution is 1.10. The summed E-state index contributed by atoms with van der Waals surface area (Å²) in [5.74, 6) is 1.40. The standard InChI is InChI=1S/C13H10ClN3OS2/c1-2-19-17-10(8-6-4-3-5-7-8)16-11-9(12(17)18)15-13(14)20-11/h3-7H,2H2,1H3. The normalized spacial score (nSPS) is 11.1. The lowest BCUT2D eigenvalue weighted by atomic mass is 10.2. The van der Waals surface area contributed by atoms with Crippen molar-refractivity contribution in [1.82, 2.24) is 13.9 Å². The molecule has 102 valence electrons. The number of thiazole rings is 1. The van der Waals surface area contributed by atoms with E-state index in [0.717, 1.165) is 11.3 Å². The van der Waals surface area contributed by atoms with Crippen LogP contribution in [-0.2, 0) is 0 Å². The minimum absolute atomic E-state index is 0.163. The molecule has 0 spiro atoms.